The van der Waals surface area contributed by atoms with E-state index in [-0.39, 0.29) is 6.03 Å². The Hall–Kier alpha value is -3.35. The fourth-order valence-electron chi connectivity index (χ4n) is 2.90. The van der Waals surface area contributed by atoms with E-state index in [1.54, 1.807) is 24.3 Å². The normalized spacial score (nSPS) is 10.6. The zero-order valence-corrected chi connectivity index (χ0v) is 15.8. The van der Waals surface area contributed by atoms with Crippen LogP contribution in [-0.2, 0) is 11.2 Å². The van der Waals surface area contributed by atoms with E-state index in [0.717, 1.165) is 42.5 Å². The minimum atomic E-state index is -0.404. The SMILES string of the molecule is COC(=O)c1ccc(NC(=O)NCCCCCc2nc3ccccc3[nH]2)cc1. The van der Waals surface area contributed by atoms with Crippen molar-refractivity contribution in [3.63, 3.8) is 0 Å². The quantitative estimate of drug-likeness (QED) is 0.408. The summed E-state index contributed by atoms with van der Waals surface area (Å²) in [4.78, 5) is 31.2. The smallest absolute Gasteiger partial charge is 0.337 e. The van der Waals surface area contributed by atoms with E-state index >= 15 is 0 Å². The van der Waals surface area contributed by atoms with E-state index in [1.807, 2.05) is 24.3 Å². The number of hydrogen-bond acceptors (Lipinski definition) is 4. The van der Waals surface area contributed by atoms with E-state index in [4.69, 9.17) is 0 Å². The molecule has 0 atom stereocenters. The lowest BCUT2D eigenvalue weighted by atomic mass is 10.2. The summed E-state index contributed by atoms with van der Waals surface area (Å²) in [6.07, 6.45) is 3.81. The molecule has 0 saturated heterocycles. The predicted molar refractivity (Wildman–Crippen MR) is 108 cm³/mol. The van der Waals surface area contributed by atoms with Crippen molar-refractivity contribution in [2.45, 2.75) is 25.7 Å². The molecule has 3 rings (SSSR count). The Balaban J connectivity index is 1.31. The van der Waals surface area contributed by atoms with Gasteiger partial charge >= 0.3 is 12.0 Å². The number of rotatable bonds is 8. The fraction of sp³-hybridized carbons (Fsp3) is 0.286. The molecule has 0 fully saturated rings. The molecule has 0 spiro atoms. The number of esters is 1. The first-order chi connectivity index (χ1) is 13.7. The van der Waals surface area contributed by atoms with Crippen molar-refractivity contribution in [1.82, 2.24) is 15.3 Å². The van der Waals surface area contributed by atoms with Crippen LogP contribution in [0.25, 0.3) is 11.0 Å². The number of carbonyl (C=O) groups is 2. The van der Waals surface area contributed by atoms with Gasteiger partial charge in [0.1, 0.15) is 5.82 Å². The van der Waals surface area contributed by atoms with Gasteiger partial charge in [-0.3, -0.25) is 0 Å². The van der Waals surface area contributed by atoms with Crippen LogP contribution in [0.15, 0.2) is 48.5 Å². The number of carbonyl (C=O) groups excluding carboxylic acids is 2. The summed E-state index contributed by atoms with van der Waals surface area (Å²) < 4.78 is 4.64. The van der Waals surface area contributed by atoms with Gasteiger partial charge in [0, 0.05) is 18.7 Å². The van der Waals surface area contributed by atoms with E-state index in [2.05, 4.69) is 25.3 Å². The molecule has 0 bridgehead atoms. The Kier molecular flexibility index (Phi) is 6.62. The van der Waals surface area contributed by atoms with E-state index in [1.165, 1.54) is 7.11 Å². The van der Waals surface area contributed by atoms with Crippen molar-refractivity contribution in [2.24, 2.45) is 0 Å². The predicted octanol–water partition coefficient (Wildman–Crippen LogP) is 3.88. The van der Waals surface area contributed by atoms with E-state index < -0.39 is 5.97 Å². The Morgan fingerprint density at radius 1 is 1.04 bits per heavy atom. The van der Waals surface area contributed by atoms with Crippen LogP contribution in [0.5, 0.6) is 0 Å². The number of methoxy groups -OCH3 is 1. The average Bonchev–Trinajstić information content (AvgIpc) is 3.13. The van der Waals surface area contributed by atoms with Crippen LogP contribution in [0, 0.1) is 0 Å². The Morgan fingerprint density at radius 2 is 1.82 bits per heavy atom. The minimum absolute atomic E-state index is 0.261. The van der Waals surface area contributed by atoms with Crippen molar-refractivity contribution < 1.29 is 14.3 Å². The molecule has 146 valence electrons. The number of fused-ring (bicyclic) bond motifs is 1. The first-order valence-electron chi connectivity index (χ1n) is 9.32. The number of nitrogens with one attached hydrogen (secondary N) is 3. The molecule has 7 nitrogen and oxygen atoms in total. The van der Waals surface area contributed by atoms with Gasteiger partial charge in [0.2, 0.25) is 0 Å². The molecule has 0 saturated carbocycles. The summed E-state index contributed by atoms with van der Waals surface area (Å²) >= 11 is 0. The Bertz CT molecular complexity index is 901. The van der Waals surface area contributed by atoms with Crippen molar-refractivity contribution in [1.29, 1.82) is 0 Å². The maximum Gasteiger partial charge on any atom is 0.337 e. The largest absolute Gasteiger partial charge is 0.465 e. The number of aromatic nitrogens is 2. The van der Waals surface area contributed by atoms with Crippen LogP contribution in [0.3, 0.4) is 0 Å². The zero-order valence-electron chi connectivity index (χ0n) is 15.8. The molecule has 0 aliphatic rings. The van der Waals surface area contributed by atoms with E-state index in [9.17, 15) is 9.59 Å². The second kappa shape index (κ2) is 9.55. The molecular formula is C21H24N4O3. The number of benzene rings is 2. The number of unbranched alkanes of at least 4 members (excludes halogenated alkanes) is 2. The number of nitrogens with zero attached hydrogens (tertiary/aromatic N) is 1. The van der Waals surface area contributed by atoms with Crippen molar-refractivity contribution >= 4 is 28.7 Å². The molecule has 1 aromatic heterocycles. The van der Waals surface area contributed by atoms with Gasteiger partial charge in [0.05, 0.1) is 23.7 Å². The highest BCUT2D eigenvalue weighted by Gasteiger charge is 2.06. The molecule has 1 heterocycles. The third-order valence-electron chi connectivity index (χ3n) is 4.38. The lowest BCUT2D eigenvalue weighted by Gasteiger charge is -2.08. The first-order valence-corrected chi connectivity index (χ1v) is 9.32. The molecule has 0 radical (unpaired) electrons. The van der Waals surface area contributed by atoms with Crippen LogP contribution in [0.1, 0.15) is 35.4 Å². The number of anilines is 1. The molecule has 2 aromatic carbocycles. The van der Waals surface area contributed by atoms with Gasteiger partial charge in [0.15, 0.2) is 0 Å². The highest BCUT2D eigenvalue weighted by molar-refractivity contribution is 5.92. The number of para-hydroxylation sites is 2. The minimum Gasteiger partial charge on any atom is -0.465 e. The average molecular weight is 380 g/mol. The van der Waals surface area contributed by atoms with Gasteiger partial charge < -0.3 is 20.4 Å². The molecule has 28 heavy (non-hydrogen) atoms. The topological polar surface area (TPSA) is 96.1 Å². The highest BCUT2D eigenvalue weighted by Crippen LogP contribution is 2.12. The molecule has 3 N–H and O–H groups in total. The summed E-state index contributed by atoms with van der Waals surface area (Å²) in [5.74, 6) is 0.598. The molecule has 7 heteroatoms. The molecular weight excluding hydrogens is 356 g/mol. The van der Waals surface area contributed by atoms with Gasteiger partial charge in [-0.15, -0.1) is 0 Å². The second-order valence-electron chi connectivity index (χ2n) is 6.46. The fourth-order valence-corrected chi connectivity index (χ4v) is 2.90. The van der Waals surface area contributed by atoms with Crippen molar-refractivity contribution in [3.8, 4) is 0 Å². The summed E-state index contributed by atoms with van der Waals surface area (Å²) in [5, 5.41) is 5.58. The molecule has 0 aliphatic carbocycles. The number of ether oxygens (including phenoxy) is 1. The van der Waals surface area contributed by atoms with Crippen LogP contribution >= 0.6 is 0 Å². The summed E-state index contributed by atoms with van der Waals surface area (Å²) in [7, 11) is 1.33. The molecule has 3 aromatic rings. The second-order valence-corrected chi connectivity index (χ2v) is 6.46. The monoisotopic (exact) mass is 380 g/mol. The number of H-pyrrole nitrogens is 1. The van der Waals surface area contributed by atoms with Crippen molar-refractivity contribution in [3.05, 3.63) is 59.9 Å². The highest BCUT2D eigenvalue weighted by atomic mass is 16.5. The summed E-state index contributed by atoms with van der Waals surface area (Å²) in [5.41, 5.74) is 3.12. The summed E-state index contributed by atoms with van der Waals surface area (Å²) in [6, 6.07) is 14.3. The maximum atomic E-state index is 11.9. The Labute approximate surface area is 163 Å². The Morgan fingerprint density at radius 3 is 2.57 bits per heavy atom. The number of aryl methyl sites for hydroxylation is 1. The third kappa shape index (κ3) is 5.33. The van der Waals surface area contributed by atoms with Gasteiger partial charge in [-0.05, 0) is 49.2 Å². The first kappa shape index (κ1) is 19.4. The maximum absolute atomic E-state index is 11.9. The van der Waals surface area contributed by atoms with Crippen LogP contribution in [0.2, 0.25) is 0 Å². The number of urea groups is 1. The van der Waals surface area contributed by atoms with Crippen LogP contribution in [-0.4, -0.2) is 35.6 Å². The third-order valence-corrected chi connectivity index (χ3v) is 4.38. The molecule has 0 aliphatic heterocycles. The van der Waals surface area contributed by atoms with Crippen LogP contribution in [0.4, 0.5) is 10.5 Å². The number of hydrogen-bond donors (Lipinski definition) is 3. The lowest BCUT2D eigenvalue weighted by Crippen LogP contribution is -2.29. The summed E-state index contributed by atoms with van der Waals surface area (Å²) in [6.45, 7) is 0.603. The number of imidazole rings is 1. The van der Waals surface area contributed by atoms with Gasteiger partial charge in [-0.25, -0.2) is 14.6 Å². The number of amides is 2. The van der Waals surface area contributed by atoms with Gasteiger partial charge in [-0.1, -0.05) is 18.6 Å². The molecule has 2 amide bonds. The van der Waals surface area contributed by atoms with Crippen LogP contribution < -0.4 is 10.6 Å². The standard InChI is InChI=1S/C21H24N4O3/c1-28-20(26)15-10-12-16(13-11-15)23-21(27)22-14-6-2-3-9-19-24-17-7-4-5-8-18(17)25-19/h4-5,7-8,10-13H,2-3,6,9,14H2,1H3,(H,24,25)(H2,22,23,27). The molecule has 0 unspecified atom stereocenters. The zero-order chi connectivity index (χ0) is 19.8. The van der Waals surface area contributed by atoms with Gasteiger partial charge in [0.25, 0.3) is 0 Å². The van der Waals surface area contributed by atoms with Crippen molar-refractivity contribution in [2.75, 3.05) is 19.0 Å². The van der Waals surface area contributed by atoms with Gasteiger partial charge in [-0.2, -0.15) is 0 Å². The lowest BCUT2D eigenvalue weighted by molar-refractivity contribution is 0.0600. The van der Waals surface area contributed by atoms with E-state index in [0.29, 0.717) is 17.8 Å². The number of aromatic amines is 1.